The Bertz CT molecular complexity index is 766. The highest BCUT2D eigenvalue weighted by Crippen LogP contribution is 2.20. The molecule has 0 unspecified atom stereocenters. The number of aromatic nitrogens is 1. The molecule has 0 bridgehead atoms. The van der Waals surface area contributed by atoms with E-state index in [9.17, 15) is 4.79 Å². The molecule has 6 nitrogen and oxygen atoms in total. The van der Waals surface area contributed by atoms with E-state index in [0.717, 1.165) is 43.2 Å². The van der Waals surface area contributed by atoms with Crippen molar-refractivity contribution in [3.05, 3.63) is 59.9 Å². The topological polar surface area (TPSA) is 57.7 Å². The van der Waals surface area contributed by atoms with E-state index in [0.29, 0.717) is 12.3 Å². The summed E-state index contributed by atoms with van der Waals surface area (Å²) < 4.78 is 5.25. The van der Waals surface area contributed by atoms with Gasteiger partial charge < -0.3 is 15.0 Å². The Kier molecular flexibility index (Phi) is 7.01. The Morgan fingerprint density at radius 2 is 2.11 bits per heavy atom. The van der Waals surface area contributed by atoms with Gasteiger partial charge in [0.25, 0.3) is 0 Å². The van der Waals surface area contributed by atoms with E-state index in [-0.39, 0.29) is 11.9 Å². The van der Waals surface area contributed by atoms with E-state index in [4.69, 9.17) is 4.74 Å². The summed E-state index contributed by atoms with van der Waals surface area (Å²) in [4.78, 5) is 21.7. The lowest BCUT2D eigenvalue weighted by atomic mass is 10.0. The number of rotatable bonds is 8. The van der Waals surface area contributed by atoms with Crippen LogP contribution in [-0.2, 0) is 17.8 Å². The average molecular weight is 383 g/mol. The number of methoxy groups -OCH3 is 1. The molecule has 1 fully saturated rings. The predicted molar refractivity (Wildman–Crippen MR) is 110 cm³/mol. The lowest BCUT2D eigenvalue weighted by Gasteiger charge is -2.23. The van der Waals surface area contributed by atoms with Crippen molar-refractivity contribution in [3.63, 3.8) is 0 Å². The third-order valence-corrected chi connectivity index (χ3v) is 5.07. The van der Waals surface area contributed by atoms with Gasteiger partial charge in [-0.15, -0.1) is 0 Å². The van der Waals surface area contributed by atoms with Gasteiger partial charge in [0.1, 0.15) is 5.75 Å². The molecule has 2 heterocycles. The van der Waals surface area contributed by atoms with Crippen molar-refractivity contribution in [2.75, 3.05) is 40.8 Å². The maximum absolute atomic E-state index is 12.7. The molecule has 0 saturated carbocycles. The van der Waals surface area contributed by atoms with Crippen LogP contribution in [0.3, 0.4) is 0 Å². The lowest BCUT2D eigenvalue weighted by molar-refractivity contribution is -0.121. The van der Waals surface area contributed by atoms with Crippen LogP contribution in [0.4, 0.5) is 0 Å². The van der Waals surface area contributed by atoms with Crippen LogP contribution in [0, 0.1) is 5.92 Å². The molecule has 150 valence electrons. The molecule has 6 heteroatoms. The molecule has 0 aliphatic carbocycles. The van der Waals surface area contributed by atoms with Crippen LogP contribution >= 0.6 is 0 Å². The zero-order chi connectivity index (χ0) is 19.9. The molecule has 1 aliphatic heterocycles. The number of carbonyl (C=O) groups is 1. The number of nitrogens with zero attached hydrogens (tertiary/aromatic N) is 3. The van der Waals surface area contributed by atoms with E-state index in [1.165, 1.54) is 0 Å². The Labute approximate surface area is 167 Å². The van der Waals surface area contributed by atoms with Gasteiger partial charge in [0.15, 0.2) is 0 Å². The quantitative estimate of drug-likeness (QED) is 0.755. The van der Waals surface area contributed by atoms with Gasteiger partial charge in [-0.2, -0.15) is 0 Å². The summed E-state index contributed by atoms with van der Waals surface area (Å²) in [5.74, 6) is 1.23. The second-order valence-corrected chi connectivity index (χ2v) is 7.74. The summed E-state index contributed by atoms with van der Waals surface area (Å²) in [5, 5.41) is 3.27. The fraction of sp³-hybridized carbons (Fsp3) is 0.455. The largest absolute Gasteiger partial charge is 0.497 e. The average Bonchev–Trinajstić information content (AvgIpc) is 3.02. The van der Waals surface area contributed by atoms with E-state index in [2.05, 4.69) is 40.3 Å². The SMILES string of the molecule is COc1cccc(CC(=O)N[C@@H]2CN(Cc3ccccn3)C[C@H]2CN(C)C)c1. The predicted octanol–water partition coefficient (Wildman–Crippen LogP) is 1.81. The second kappa shape index (κ2) is 9.66. The molecular weight excluding hydrogens is 352 g/mol. The third-order valence-electron chi connectivity index (χ3n) is 5.07. The van der Waals surface area contributed by atoms with Crippen LogP contribution in [-0.4, -0.2) is 67.6 Å². The molecule has 2 aromatic rings. The first-order valence-corrected chi connectivity index (χ1v) is 9.73. The van der Waals surface area contributed by atoms with Crippen molar-refractivity contribution in [2.45, 2.75) is 19.0 Å². The number of hydrogen-bond acceptors (Lipinski definition) is 5. The first-order valence-electron chi connectivity index (χ1n) is 9.73. The highest BCUT2D eigenvalue weighted by molar-refractivity contribution is 5.79. The van der Waals surface area contributed by atoms with Crippen LogP contribution in [0.2, 0.25) is 0 Å². The molecular formula is C22H30N4O2. The molecule has 1 aliphatic rings. The summed E-state index contributed by atoms with van der Waals surface area (Å²) in [6, 6.07) is 13.8. The van der Waals surface area contributed by atoms with Crippen LogP contribution in [0.15, 0.2) is 48.7 Å². The summed E-state index contributed by atoms with van der Waals surface area (Å²) in [7, 11) is 5.80. The molecule has 1 aromatic heterocycles. The summed E-state index contributed by atoms with van der Waals surface area (Å²) in [5.41, 5.74) is 2.03. The zero-order valence-corrected chi connectivity index (χ0v) is 17.0. The van der Waals surface area contributed by atoms with Gasteiger partial charge in [-0.05, 0) is 43.9 Å². The monoisotopic (exact) mass is 382 g/mol. The zero-order valence-electron chi connectivity index (χ0n) is 17.0. The number of ether oxygens (including phenoxy) is 1. The molecule has 28 heavy (non-hydrogen) atoms. The van der Waals surface area contributed by atoms with Crippen molar-refractivity contribution in [3.8, 4) is 5.75 Å². The standard InChI is InChI=1S/C22H30N4O2/c1-25(2)13-18-14-26(15-19-8-4-5-10-23-19)16-21(18)24-22(27)12-17-7-6-9-20(11-17)28-3/h4-11,18,21H,12-16H2,1-3H3,(H,24,27)/t18-,21-/m1/s1. The molecule has 1 saturated heterocycles. The number of hydrogen-bond donors (Lipinski definition) is 1. The Hall–Kier alpha value is -2.44. The third kappa shape index (κ3) is 5.78. The molecule has 1 aromatic carbocycles. The van der Waals surface area contributed by atoms with E-state index in [1.807, 2.05) is 42.6 Å². The minimum absolute atomic E-state index is 0.0571. The normalized spacial score (nSPS) is 19.7. The summed E-state index contributed by atoms with van der Waals surface area (Å²) >= 11 is 0. The fourth-order valence-corrected chi connectivity index (χ4v) is 3.85. The number of pyridine rings is 1. The number of carbonyl (C=O) groups excluding carboxylic acids is 1. The van der Waals surface area contributed by atoms with Crippen molar-refractivity contribution in [1.29, 1.82) is 0 Å². The first kappa shape index (κ1) is 20.3. The second-order valence-electron chi connectivity index (χ2n) is 7.74. The summed E-state index contributed by atoms with van der Waals surface area (Å²) in [6.07, 6.45) is 2.19. The Balaban J connectivity index is 1.61. The van der Waals surface area contributed by atoms with Crippen LogP contribution in [0.1, 0.15) is 11.3 Å². The molecule has 0 radical (unpaired) electrons. The van der Waals surface area contributed by atoms with Gasteiger partial charge >= 0.3 is 0 Å². The van der Waals surface area contributed by atoms with Crippen LogP contribution in [0.5, 0.6) is 5.75 Å². The van der Waals surface area contributed by atoms with Crippen LogP contribution in [0.25, 0.3) is 0 Å². The van der Waals surface area contributed by atoms with E-state index < -0.39 is 0 Å². The number of amides is 1. The fourth-order valence-electron chi connectivity index (χ4n) is 3.85. The smallest absolute Gasteiger partial charge is 0.224 e. The van der Waals surface area contributed by atoms with Gasteiger partial charge in [-0.3, -0.25) is 14.7 Å². The highest BCUT2D eigenvalue weighted by Gasteiger charge is 2.34. The molecule has 3 rings (SSSR count). The Morgan fingerprint density at radius 1 is 1.25 bits per heavy atom. The van der Waals surface area contributed by atoms with Crippen molar-refractivity contribution < 1.29 is 9.53 Å². The van der Waals surface area contributed by atoms with Gasteiger partial charge in [-0.25, -0.2) is 0 Å². The van der Waals surface area contributed by atoms with Gasteiger partial charge in [0.05, 0.1) is 19.2 Å². The maximum Gasteiger partial charge on any atom is 0.224 e. The van der Waals surface area contributed by atoms with Gasteiger partial charge in [0, 0.05) is 44.3 Å². The summed E-state index contributed by atoms with van der Waals surface area (Å²) in [6.45, 7) is 3.56. The minimum Gasteiger partial charge on any atom is -0.497 e. The van der Waals surface area contributed by atoms with E-state index in [1.54, 1.807) is 7.11 Å². The minimum atomic E-state index is 0.0571. The molecule has 1 amide bonds. The Morgan fingerprint density at radius 3 is 2.82 bits per heavy atom. The number of likely N-dealkylation sites (tertiary alicyclic amines) is 1. The van der Waals surface area contributed by atoms with Gasteiger partial charge in [0.2, 0.25) is 5.91 Å². The molecule has 2 atom stereocenters. The first-order chi connectivity index (χ1) is 13.5. The molecule has 1 N–H and O–H groups in total. The van der Waals surface area contributed by atoms with Crippen molar-refractivity contribution >= 4 is 5.91 Å². The maximum atomic E-state index is 12.7. The number of nitrogens with one attached hydrogen (secondary N) is 1. The lowest BCUT2D eigenvalue weighted by Crippen LogP contribution is -2.44. The van der Waals surface area contributed by atoms with Crippen LogP contribution < -0.4 is 10.1 Å². The van der Waals surface area contributed by atoms with Gasteiger partial charge in [-0.1, -0.05) is 18.2 Å². The number of benzene rings is 1. The van der Waals surface area contributed by atoms with Crippen molar-refractivity contribution in [1.82, 2.24) is 20.1 Å². The van der Waals surface area contributed by atoms with E-state index >= 15 is 0 Å². The van der Waals surface area contributed by atoms with Crippen molar-refractivity contribution in [2.24, 2.45) is 5.92 Å². The highest BCUT2D eigenvalue weighted by atomic mass is 16.5. The molecule has 0 spiro atoms.